The lowest BCUT2D eigenvalue weighted by atomic mass is 10.1. The number of hydrogen-bond acceptors (Lipinski definition) is 4. The molecule has 0 radical (unpaired) electrons. The molecule has 0 saturated heterocycles. The molecule has 2 aromatic rings. The molecule has 0 aliphatic rings. The maximum absolute atomic E-state index is 8.44. The van der Waals surface area contributed by atoms with E-state index in [0.717, 1.165) is 11.3 Å². The van der Waals surface area contributed by atoms with Crippen molar-refractivity contribution in [1.29, 1.82) is 5.26 Å². The third-order valence-electron chi connectivity index (χ3n) is 2.52. The van der Waals surface area contributed by atoms with E-state index in [1.165, 1.54) is 5.56 Å². The molecule has 0 saturated carbocycles. The number of hydrogen-bond donors (Lipinski definition) is 1. The van der Waals surface area contributed by atoms with Gasteiger partial charge in [0.15, 0.2) is 0 Å². The van der Waals surface area contributed by atoms with Gasteiger partial charge in [-0.25, -0.2) is 0 Å². The molecular formula is C14H14N4. The second kappa shape index (κ2) is 5.78. The van der Waals surface area contributed by atoms with E-state index >= 15 is 0 Å². The van der Waals surface area contributed by atoms with E-state index in [0.29, 0.717) is 18.8 Å². The quantitative estimate of drug-likeness (QED) is 0.832. The highest BCUT2D eigenvalue weighted by Gasteiger charge is 2.00. The van der Waals surface area contributed by atoms with Gasteiger partial charge >= 0.3 is 0 Å². The highest BCUT2D eigenvalue weighted by molar-refractivity contribution is 5.60. The number of benzene rings is 1. The Balaban J connectivity index is 2.10. The smallest absolute Gasteiger partial charge is 0.148 e. The monoisotopic (exact) mass is 238 g/mol. The summed E-state index contributed by atoms with van der Waals surface area (Å²) in [6, 6.07) is 14.0. The van der Waals surface area contributed by atoms with E-state index in [9.17, 15) is 0 Å². The summed E-state index contributed by atoms with van der Waals surface area (Å²) in [6.45, 7) is 2.64. The first-order valence-electron chi connectivity index (χ1n) is 5.81. The molecular weight excluding hydrogens is 224 g/mol. The maximum Gasteiger partial charge on any atom is 0.148 e. The van der Waals surface area contributed by atoms with Crippen LogP contribution in [0.5, 0.6) is 0 Å². The minimum absolute atomic E-state index is 0.460. The van der Waals surface area contributed by atoms with Crippen molar-refractivity contribution in [3.63, 3.8) is 0 Å². The molecule has 0 fully saturated rings. The number of nitrogens with one attached hydrogen (secondary N) is 1. The van der Waals surface area contributed by atoms with E-state index in [-0.39, 0.29) is 0 Å². The first-order chi connectivity index (χ1) is 8.79. The average molecular weight is 238 g/mol. The SMILES string of the molecule is Cc1cccc(-c2ccc(NCCC#N)nn2)c1. The fourth-order valence-corrected chi connectivity index (χ4v) is 1.63. The zero-order valence-corrected chi connectivity index (χ0v) is 10.2. The molecule has 1 heterocycles. The van der Waals surface area contributed by atoms with Crippen molar-refractivity contribution in [3.8, 4) is 17.3 Å². The zero-order chi connectivity index (χ0) is 12.8. The molecule has 1 aromatic heterocycles. The van der Waals surface area contributed by atoms with E-state index in [1.807, 2.05) is 24.3 Å². The van der Waals surface area contributed by atoms with E-state index in [1.54, 1.807) is 0 Å². The summed E-state index contributed by atoms with van der Waals surface area (Å²) in [7, 11) is 0. The normalized spacial score (nSPS) is 9.78. The largest absolute Gasteiger partial charge is 0.368 e. The second-order valence-corrected chi connectivity index (χ2v) is 4.01. The van der Waals surface area contributed by atoms with Gasteiger partial charge < -0.3 is 5.32 Å². The Morgan fingerprint density at radius 1 is 1.22 bits per heavy atom. The molecule has 1 aromatic carbocycles. The number of rotatable bonds is 4. The predicted octanol–water partition coefficient (Wildman–Crippen LogP) is 2.78. The molecule has 90 valence electrons. The highest BCUT2D eigenvalue weighted by atomic mass is 15.2. The molecule has 0 bridgehead atoms. The van der Waals surface area contributed by atoms with Crippen LogP contribution in [0.1, 0.15) is 12.0 Å². The molecule has 0 amide bonds. The standard InChI is InChI=1S/C14H14N4/c1-11-4-2-5-12(10-11)13-6-7-14(18-17-13)16-9-3-8-15/h2,4-7,10H,3,9H2,1H3,(H,16,18). The fraction of sp³-hybridized carbons (Fsp3) is 0.214. The molecule has 4 heteroatoms. The van der Waals surface area contributed by atoms with Crippen LogP contribution < -0.4 is 5.32 Å². The number of anilines is 1. The van der Waals surface area contributed by atoms with Crippen molar-refractivity contribution in [1.82, 2.24) is 10.2 Å². The Morgan fingerprint density at radius 3 is 2.78 bits per heavy atom. The van der Waals surface area contributed by atoms with Gasteiger partial charge in [-0.1, -0.05) is 23.8 Å². The summed E-state index contributed by atoms with van der Waals surface area (Å²) in [6.07, 6.45) is 0.460. The summed E-state index contributed by atoms with van der Waals surface area (Å²) < 4.78 is 0. The molecule has 0 aliphatic heterocycles. The van der Waals surface area contributed by atoms with Gasteiger partial charge in [-0.15, -0.1) is 10.2 Å². The maximum atomic E-state index is 8.44. The first kappa shape index (κ1) is 12.1. The Labute approximate surface area is 106 Å². The number of aromatic nitrogens is 2. The lowest BCUT2D eigenvalue weighted by Gasteiger charge is -2.04. The molecule has 0 spiro atoms. The van der Waals surface area contributed by atoms with Crippen LogP contribution in [0.2, 0.25) is 0 Å². The van der Waals surface area contributed by atoms with Gasteiger partial charge in [0.25, 0.3) is 0 Å². The van der Waals surface area contributed by atoms with Crippen molar-refractivity contribution in [2.45, 2.75) is 13.3 Å². The zero-order valence-electron chi connectivity index (χ0n) is 10.2. The summed E-state index contributed by atoms with van der Waals surface area (Å²) in [4.78, 5) is 0. The molecule has 0 unspecified atom stereocenters. The molecule has 2 rings (SSSR count). The average Bonchev–Trinajstić information content (AvgIpc) is 2.40. The Bertz CT molecular complexity index is 555. The fourth-order valence-electron chi connectivity index (χ4n) is 1.63. The van der Waals surface area contributed by atoms with E-state index in [2.05, 4.69) is 40.6 Å². The van der Waals surface area contributed by atoms with Crippen LogP contribution in [0.25, 0.3) is 11.3 Å². The number of nitrogens with zero attached hydrogens (tertiary/aromatic N) is 3. The van der Waals surface area contributed by atoms with E-state index in [4.69, 9.17) is 5.26 Å². The topological polar surface area (TPSA) is 61.6 Å². The molecule has 0 atom stereocenters. The van der Waals surface area contributed by atoms with Crippen LogP contribution in [0, 0.1) is 18.3 Å². The summed E-state index contributed by atoms with van der Waals surface area (Å²) in [5.74, 6) is 0.696. The van der Waals surface area contributed by atoms with Crippen LogP contribution in [0.4, 0.5) is 5.82 Å². The third-order valence-corrected chi connectivity index (χ3v) is 2.52. The van der Waals surface area contributed by atoms with Crippen LogP contribution in [0.3, 0.4) is 0 Å². The molecule has 18 heavy (non-hydrogen) atoms. The Kier molecular flexibility index (Phi) is 3.87. The van der Waals surface area contributed by atoms with Crippen LogP contribution in [-0.4, -0.2) is 16.7 Å². The number of aryl methyl sites for hydroxylation is 1. The van der Waals surface area contributed by atoms with Crippen molar-refractivity contribution in [3.05, 3.63) is 42.0 Å². The highest BCUT2D eigenvalue weighted by Crippen LogP contribution is 2.18. The molecule has 1 N–H and O–H groups in total. The van der Waals surface area contributed by atoms with Crippen molar-refractivity contribution >= 4 is 5.82 Å². The van der Waals surface area contributed by atoms with Gasteiger partial charge in [-0.2, -0.15) is 5.26 Å². The van der Waals surface area contributed by atoms with Gasteiger partial charge in [-0.05, 0) is 25.1 Å². The summed E-state index contributed by atoms with van der Waals surface area (Å²) >= 11 is 0. The Hall–Kier alpha value is -2.41. The first-order valence-corrected chi connectivity index (χ1v) is 5.81. The number of nitriles is 1. The van der Waals surface area contributed by atoms with Crippen molar-refractivity contribution in [2.24, 2.45) is 0 Å². The molecule has 0 aliphatic carbocycles. The second-order valence-electron chi connectivity index (χ2n) is 4.01. The van der Waals surface area contributed by atoms with Gasteiger partial charge in [-0.3, -0.25) is 0 Å². The molecule has 4 nitrogen and oxygen atoms in total. The van der Waals surface area contributed by atoms with Crippen LogP contribution in [0.15, 0.2) is 36.4 Å². The summed E-state index contributed by atoms with van der Waals surface area (Å²) in [5.41, 5.74) is 3.11. The van der Waals surface area contributed by atoms with Gasteiger partial charge in [0, 0.05) is 12.1 Å². The van der Waals surface area contributed by atoms with Crippen molar-refractivity contribution < 1.29 is 0 Å². The summed E-state index contributed by atoms with van der Waals surface area (Å²) in [5, 5.41) is 19.7. The lowest BCUT2D eigenvalue weighted by molar-refractivity contribution is 0.992. The Morgan fingerprint density at radius 2 is 2.11 bits per heavy atom. The van der Waals surface area contributed by atoms with Crippen molar-refractivity contribution in [2.75, 3.05) is 11.9 Å². The third kappa shape index (κ3) is 3.05. The van der Waals surface area contributed by atoms with Gasteiger partial charge in [0.2, 0.25) is 0 Å². The minimum Gasteiger partial charge on any atom is -0.368 e. The van der Waals surface area contributed by atoms with Gasteiger partial charge in [0.05, 0.1) is 18.2 Å². The van der Waals surface area contributed by atoms with Crippen LogP contribution >= 0.6 is 0 Å². The minimum atomic E-state index is 0.460. The van der Waals surface area contributed by atoms with Gasteiger partial charge in [0.1, 0.15) is 5.82 Å². The lowest BCUT2D eigenvalue weighted by Crippen LogP contribution is -2.03. The van der Waals surface area contributed by atoms with Crippen LogP contribution in [-0.2, 0) is 0 Å². The van der Waals surface area contributed by atoms with E-state index < -0.39 is 0 Å². The predicted molar refractivity (Wildman–Crippen MR) is 70.9 cm³/mol.